The number of carbonyl (C=O) groups is 1. The summed E-state index contributed by atoms with van der Waals surface area (Å²) in [6, 6.07) is 27.6. The molecule has 0 aliphatic carbocycles. The van der Waals surface area contributed by atoms with Gasteiger partial charge in [0.1, 0.15) is 5.75 Å². The van der Waals surface area contributed by atoms with E-state index in [9.17, 15) is 18.3 Å². The molecule has 1 aliphatic rings. The minimum Gasteiger partial charge on any atom is -0.463 e. The number of anilines is 2. The monoisotopic (exact) mass is 731 g/mol. The number of amides is 1. The molecule has 1 heterocycles. The minimum atomic E-state index is -3.77. The number of benzene rings is 4. The normalized spacial score (nSPS) is 14.2. The fraction of sp³-hybridized carbons (Fsp3) is 0.375. The fourth-order valence-corrected chi connectivity index (χ4v) is 6.69. The van der Waals surface area contributed by atoms with Crippen molar-refractivity contribution in [1.82, 2.24) is 5.32 Å². The number of ether oxygens (including phenoxy) is 4. The van der Waals surface area contributed by atoms with Crippen molar-refractivity contribution in [2.45, 2.75) is 69.5 Å². The molecule has 4 N–H and O–H groups in total. The van der Waals surface area contributed by atoms with Gasteiger partial charge in [-0.2, -0.15) is 0 Å². The van der Waals surface area contributed by atoms with Gasteiger partial charge in [0.25, 0.3) is 15.9 Å². The van der Waals surface area contributed by atoms with Crippen LogP contribution in [0.3, 0.4) is 0 Å². The third-order valence-corrected chi connectivity index (χ3v) is 9.78. The molecule has 4 aromatic rings. The first-order valence-corrected chi connectivity index (χ1v) is 19.1. The van der Waals surface area contributed by atoms with Crippen LogP contribution in [0.1, 0.15) is 72.7 Å². The molecule has 11 nitrogen and oxygen atoms in total. The maximum absolute atomic E-state index is 13.0. The number of carbonyl (C=O) groups excluding carboxylic acids is 1. The molecule has 0 aromatic heterocycles. The van der Waals surface area contributed by atoms with Crippen LogP contribution in [0.15, 0.2) is 102 Å². The molecule has 0 bridgehead atoms. The number of hydrogen-bond acceptors (Lipinski definition) is 9. The summed E-state index contributed by atoms with van der Waals surface area (Å²) in [6.45, 7) is 7.58. The van der Waals surface area contributed by atoms with E-state index >= 15 is 0 Å². The Morgan fingerprint density at radius 2 is 1.62 bits per heavy atom. The Hall–Kier alpha value is -4.30. The molecule has 0 fully saturated rings. The molecule has 4 aromatic carbocycles. The zero-order valence-electron chi connectivity index (χ0n) is 29.8. The van der Waals surface area contributed by atoms with Gasteiger partial charge >= 0.3 is 0 Å². The zero-order chi connectivity index (χ0) is 36.8. The number of aliphatic hydroxyl groups excluding tert-OH is 1. The maximum atomic E-state index is 13.0. The van der Waals surface area contributed by atoms with Crippen molar-refractivity contribution in [1.29, 1.82) is 0 Å². The number of nitrogens with one attached hydrogen (secondary N) is 3. The molecular weight excluding hydrogens is 683 g/mol. The first-order valence-electron chi connectivity index (χ1n) is 17.7. The van der Waals surface area contributed by atoms with Crippen LogP contribution in [-0.2, 0) is 37.4 Å². The molecule has 12 heteroatoms. The van der Waals surface area contributed by atoms with Gasteiger partial charge in [-0.25, -0.2) is 8.42 Å². The highest BCUT2D eigenvalue weighted by atomic mass is 32.2. The van der Waals surface area contributed by atoms with Gasteiger partial charge in [0.15, 0.2) is 0 Å². The molecule has 52 heavy (non-hydrogen) atoms. The van der Waals surface area contributed by atoms with Crippen molar-refractivity contribution in [3.8, 4) is 5.75 Å². The Morgan fingerprint density at radius 1 is 0.846 bits per heavy atom. The minimum absolute atomic E-state index is 0.139. The Morgan fingerprint density at radius 3 is 2.46 bits per heavy atom. The molecular formula is C40H49N3O8S. The van der Waals surface area contributed by atoms with Gasteiger partial charge in [0, 0.05) is 49.5 Å². The largest absolute Gasteiger partial charge is 0.463 e. The van der Waals surface area contributed by atoms with Gasteiger partial charge in [0.05, 0.1) is 37.4 Å². The predicted octanol–water partition coefficient (Wildman–Crippen LogP) is 6.80. The van der Waals surface area contributed by atoms with Crippen molar-refractivity contribution in [3.63, 3.8) is 0 Å². The fourth-order valence-electron chi connectivity index (χ4n) is 5.62. The summed E-state index contributed by atoms with van der Waals surface area (Å²) >= 11 is 0. The lowest BCUT2D eigenvalue weighted by molar-refractivity contribution is -0.180. The highest BCUT2D eigenvalue weighted by molar-refractivity contribution is 7.92. The highest BCUT2D eigenvalue weighted by Gasteiger charge is 2.27. The van der Waals surface area contributed by atoms with Crippen LogP contribution in [0, 0.1) is 0 Å². The quantitative estimate of drug-likeness (QED) is 0.0722. The molecule has 5 rings (SSSR count). The average molecular weight is 732 g/mol. The van der Waals surface area contributed by atoms with E-state index in [0.717, 1.165) is 54.7 Å². The smallest absolute Gasteiger partial charge is 0.261 e. The lowest BCUT2D eigenvalue weighted by Gasteiger charge is -2.33. The zero-order valence-corrected chi connectivity index (χ0v) is 30.6. The van der Waals surface area contributed by atoms with Crippen LogP contribution in [0.4, 0.5) is 11.4 Å². The highest BCUT2D eigenvalue weighted by Crippen LogP contribution is 2.33. The predicted molar refractivity (Wildman–Crippen MR) is 201 cm³/mol. The summed E-state index contributed by atoms with van der Waals surface area (Å²) < 4.78 is 50.9. The van der Waals surface area contributed by atoms with E-state index in [-0.39, 0.29) is 10.8 Å². The Bertz CT molecular complexity index is 1850. The van der Waals surface area contributed by atoms with E-state index in [0.29, 0.717) is 56.5 Å². The Balaban J connectivity index is 0.899. The molecule has 0 saturated heterocycles. The number of sulfonamides is 1. The van der Waals surface area contributed by atoms with Crippen LogP contribution in [0.5, 0.6) is 5.75 Å². The van der Waals surface area contributed by atoms with E-state index < -0.39 is 21.9 Å². The number of aliphatic hydroxyl groups is 1. The van der Waals surface area contributed by atoms with E-state index in [2.05, 4.69) is 15.4 Å². The third-order valence-electron chi connectivity index (χ3n) is 8.39. The molecule has 278 valence electrons. The van der Waals surface area contributed by atoms with Crippen molar-refractivity contribution < 1.29 is 37.3 Å². The van der Waals surface area contributed by atoms with Crippen molar-refractivity contribution in [2.24, 2.45) is 0 Å². The third kappa shape index (κ3) is 12.1. The van der Waals surface area contributed by atoms with Crippen molar-refractivity contribution in [2.75, 3.05) is 42.9 Å². The molecule has 0 saturated carbocycles. The number of unbranched alkanes of at least 4 members (excludes halogenated alkanes) is 3. The van der Waals surface area contributed by atoms with Crippen LogP contribution < -0.4 is 20.1 Å². The molecule has 0 spiro atoms. The van der Waals surface area contributed by atoms with Gasteiger partial charge in [-0.1, -0.05) is 55.3 Å². The van der Waals surface area contributed by atoms with Crippen LogP contribution in [0.2, 0.25) is 0 Å². The number of fused-ring (bicyclic) bond motifs is 1. The topological polar surface area (TPSA) is 144 Å². The molecule has 0 unspecified atom stereocenters. The molecule has 1 aliphatic heterocycles. The first kappa shape index (κ1) is 38.9. The van der Waals surface area contributed by atoms with Crippen molar-refractivity contribution in [3.05, 3.63) is 119 Å². The first-order chi connectivity index (χ1) is 25.1. The summed E-state index contributed by atoms with van der Waals surface area (Å²) in [5, 5.41) is 16.8. The van der Waals surface area contributed by atoms with Crippen LogP contribution in [0.25, 0.3) is 0 Å². The summed E-state index contributed by atoms with van der Waals surface area (Å²) in [7, 11) is -3.77. The Labute approximate surface area is 306 Å². The SMILES string of the molecule is CC1(C)OCc2cc([C@@H](O)CNCCCCCCOCCOCc3cccc(NC(=O)c4cccc(NS(=O)(=O)c5ccccc5)c4)c3)ccc2O1. The average Bonchev–Trinajstić information content (AvgIpc) is 3.13. The lowest BCUT2D eigenvalue weighted by Crippen LogP contribution is -2.35. The van der Waals surface area contributed by atoms with E-state index in [1.807, 2.05) is 50.2 Å². The molecule has 1 atom stereocenters. The number of rotatable bonds is 20. The summed E-state index contributed by atoms with van der Waals surface area (Å²) in [5.74, 6) is -0.188. The maximum Gasteiger partial charge on any atom is 0.261 e. The van der Waals surface area contributed by atoms with E-state index in [1.165, 1.54) is 18.2 Å². The summed E-state index contributed by atoms with van der Waals surface area (Å²) in [4.78, 5) is 13.1. The standard InChI is InChI=1S/C40H49N3O8S/c1-40(2)50-29-33-25-31(18-19-38(33)51-40)37(44)27-41-20-8-3-4-9-21-48-22-23-49-28-30-12-10-14-34(24-30)42-39(45)32-13-11-15-35(26-32)43-52(46,47)36-16-6-5-7-17-36/h5-7,10-19,24-26,37,41,43-44H,3-4,8-9,20-23,27-29H2,1-2H3,(H,42,45)/t37-/m0/s1. The second kappa shape index (κ2) is 19.0. The van der Waals surface area contributed by atoms with Gasteiger partial charge in [0.2, 0.25) is 5.79 Å². The van der Waals surface area contributed by atoms with E-state index in [1.54, 1.807) is 42.5 Å². The molecule has 1 amide bonds. The van der Waals surface area contributed by atoms with Gasteiger partial charge in [-0.3, -0.25) is 9.52 Å². The number of hydrogen-bond donors (Lipinski definition) is 4. The van der Waals surface area contributed by atoms with Gasteiger partial charge in [-0.15, -0.1) is 0 Å². The second-order valence-corrected chi connectivity index (χ2v) is 14.8. The van der Waals surface area contributed by atoms with Gasteiger partial charge in [-0.05, 0) is 85.1 Å². The summed E-state index contributed by atoms with van der Waals surface area (Å²) in [6.07, 6.45) is 3.56. The van der Waals surface area contributed by atoms with Gasteiger partial charge < -0.3 is 34.7 Å². The Kier molecular flexibility index (Phi) is 14.2. The lowest BCUT2D eigenvalue weighted by atomic mass is 10.0. The second-order valence-electron chi connectivity index (χ2n) is 13.1. The van der Waals surface area contributed by atoms with Crippen molar-refractivity contribution >= 4 is 27.3 Å². The van der Waals surface area contributed by atoms with Crippen LogP contribution >= 0.6 is 0 Å². The summed E-state index contributed by atoms with van der Waals surface area (Å²) in [5.41, 5.74) is 3.92. The van der Waals surface area contributed by atoms with E-state index in [4.69, 9.17) is 18.9 Å². The van der Waals surface area contributed by atoms with Crippen LogP contribution in [-0.4, -0.2) is 58.1 Å². The molecule has 0 radical (unpaired) electrons.